The van der Waals surface area contributed by atoms with Gasteiger partial charge in [-0.15, -0.1) is 0 Å². The summed E-state index contributed by atoms with van der Waals surface area (Å²) in [5.41, 5.74) is 1.92. The van der Waals surface area contributed by atoms with Crippen LogP contribution in [0.15, 0.2) is 42.5 Å². The molecule has 8 heteroatoms. The molecular weight excluding hydrogens is 393 g/mol. The lowest BCUT2D eigenvalue weighted by Crippen LogP contribution is -2.33. The number of aliphatic carboxylic acids is 1. The number of aliphatic hydroxyl groups is 2. The summed E-state index contributed by atoms with van der Waals surface area (Å²) in [6.07, 6.45) is 0.424. The van der Waals surface area contributed by atoms with Crippen LogP contribution in [0, 0.1) is 0 Å². The van der Waals surface area contributed by atoms with Crippen molar-refractivity contribution in [1.82, 2.24) is 0 Å². The maximum Gasteiger partial charge on any atom is 0.328 e. The van der Waals surface area contributed by atoms with Crippen LogP contribution in [-0.2, 0) is 16.1 Å². The van der Waals surface area contributed by atoms with Gasteiger partial charge >= 0.3 is 5.97 Å². The largest absolute Gasteiger partial charge is 0.478 e. The molecule has 1 amide bonds. The van der Waals surface area contributed by atoms with Gasteiger partial charge in [-0.25, -0.2) is 4.79 Å². The lowest BCUT2D eigenvalue weighted by Gasteiger charge is -2.21. The van der Waals surface area contributed by atoms with Gasteiger partial charge in [0.2, 0.25) is 5.91 Å². The van der Waals surface area contributed by atoms with Crippen molar-refractivity contribution in [3.63, 3.8) is 0 Å². The van der Waals surface area contributed by atoms with E-state index < -0.39 is 24.1 Å². The Balaban J connectivity index is 2.10. The van der Waals surface area contributed by atoms with E-state index in [1.54, 1.807) is 36.4 Å². The number of rotatable bonds is 5. The Morgan fingerprint density at radius 3 is 2.59 bits per heavy atom. The number of hydrogen-bond donors (Lipinski definition) is 3. The predicted molar refractivity (Wildman–Crippen MR) is 102 cm³/mol. The van der Waals surface area contributed by atoms with E-state index in [-0.39, 0.29) is 6.54 Å². The molecule has 2 aromatic carbocycles. The number of fused-ring (bicyclic) bond motifs is 1. The number of aliphatic hydroxyl groups excluding tert-OH is 1. The van der Waals surface area contributed by atoms with E-state index in [0.29, 0.717) is 32.4 Å². The van der Waals surface area contributed by atoms with Crippen LogP contribution < -0.4 is 4.90 Å². The number of nitrogens with zero attached hydrogens (tertiary/aromatic N) is 1. The zero-order valence-corrected chi connectivity index (χ0v) is 15.4. The Morgan fingerprint density at radius 1 is 1.22 bits per heavy atom. The smallest absolute Gasteiger partial charge is 0.328 e. The number of carboxylic acid groups (broad SMARTS) is 1. The van der Waals surface area contributed by atoms with Crippen molar-refractivity contribution in [2.45, 2.75) is 18.8 Å². The molecule has 140 valence electrons. The standard InChI is InChI=1S/C19H15Cl2NO5/c20-12-6-4-11(14(21)8-12)9-22-17-10(5-7-15(23)24)2-1-3-13(17)16(18(22)25)19(26)27/h1-8,16,19,26-27H,9H2,(H,23,24). The predicted octanol–water partition coefficient (Wildman–Crippen LogP) is 3.03. The summed E-state index contributed by atoms with van der Waals surface area (Å²) in [4.78, 5) is 25.1. The van der Waals surface area contributed by atoms with Gasteiger partial charge in [0.15, 0.2) is 6.29 Å². The van der Waals surface area contributed by atoms with E-state index in [1.165, 1.54) is 11.0 Å². The highest BCUT2D eigenvalue weighted by atomic mass is 35.5. The number of carboxylic acids is 1. The quantitative estimate of drug-likeness (QED) is 0.522. The lowest BCUT2D eigenvalue weighted by atomic mass is 9.98. The molecule has 6 nitrogen and oxygen atoms in total. The summed E-state index contributed by atoms with van der Waals surface area (Å²) in [6.45, 7) is 0.0724. The Hall–Kier alpha value is -2.38. The Bertz CT molecular complexity index is 942. The zero-order chi connectivity index (χ0) is 19.7. The molecular formula is C19H15Cl2NO5. The van der Waals surface area contributed by atoms with Crippen LogP contribution in [0.25, 0.3) is 6.08 Å². The molecule has 0 spiro atoms. The van der Waals surface area contributed by atoms with Crippen LogP contribution in [0.1, 0.15) is 22.6 Å². The van der Waals surface area contributed by atoms with E-state index in [0.717, 1.165) is 6.08 Å². The van der Waals surface area contributed by atoms with Crippen molar-refractivity contribution in [3.05, 3.63) is 69.2 Å². The molecule has 0 aromatic heterocycles. The number of amides is 1. The van der Waals surface area contributed by atoms with Gasteiger partial charge in [-0.1, -0.05) is 47.5 Å². The number of carbonyl (C=O) groups excluding carboxylic acids is 1. The molecule has 0 saturated carbocycles. The van der Waals surface area contributed by atoms with Gasteiger partial charge in [-0.2, -0.15) is 0 Å². The van der Waals surface area contributed by atoms with Crippen molar-refractivity contribution < 1.29 is 24.9 Å². The molecule has 0 radical (unpaired) electrons. The maximum atomic E-state index is 12.9. The van der Waals surface area contributed by atoms with Crippen LogP contribution in [-0.4, -0.2) is 33.5 Å². The first kappa shape index (κ1) is 19.4. The van der Waals surface area contributed by atoms with Gasteiger partial charge in [-0.05, 0) is 34.9 Å². The van der Waals surface area contributed by atoms with E-state index in [2.05, 4.69) is 0 Å². The first-order valence-electron chi connectivity index (χ1n) is 7.95. The molecule has 1 aliphatic heterocycles. The van der Waals surface area contributed by atoms with E-state index in [9.17, 15) is 19.8 Å². The van der Waals surface area contributed by atoms with Crippen molar-refractivity contribution in [1.29, 1.82) is 0 Å². The minimum Gasteiger partial charge on any atom is -0.478 e. The van der Waals surface area contributed by atoms with Gasteiger partial charge in [-0.3, -0.25) is 4.79 Å². The summed E-state index contributed by atoms with van der Waals surface area (Å²) in [6, 6.07) is 9.75. The summed E-state index contributed by atoms with van der Waals surface area (Å²) >= 11 is 12.1. The molecule has 0 saturated heterocycles. The third-order valence-corrected chi connectivity index (χ3v) is 4.87. The minimum atomic E-state index is -1.89. The highest BCUT2D eigenvalue weighted by Gasteiger charge is 2.42. The van der Waals surface area contributed by atoms with Crippen LogP contribution in [0.3, 0.4) is 0 Å². The number of benzene rings is 2. The van der Waals surface area contributed by atoms with Crippen molar-refractivity contribution in [3.8, 4) is 0 Å². The molecule has 27 heavy (non-hydrogen) atoms. The fraction of sp³-hybridized carbons (Fsp3) is 0.158. The van der Waals surface area contributed by atoms with E-state index >= 15 is 0 Å². The number of carbonyl (C=O) groups is 2. The molecule has 2 aromatic rings. The van der Waals surface area contributed by atoms with Gasteiger partial charge in [0.05, 0.1) is 12.2 Å². The summed E-state index contributed by atoms with van der Waals surface area (Å²) in [5.74, 6) is -2.81. The van der Waals surface area contributed by atoms with Crippen molar-refractivity contribution in [2.24, 2.45) is 0 Å². The van der Waals surface area contributed by atoms with Crippen molar-refractivity contribution >= 4 is 46.8 Å². The molecule has 0 bridgehead atoms. The Labute approximate surface area is 164 Å². The van der Waals surface area contributed by atoms with Crippen LogP contribution >= 0.6 is 23.2 Å². The van der Waals surface area contributed by atoms with Crippen LogP contribution in [0.4, 0.5) is 5.69 Å². The molecule has 1 atom stereocenters. The van der Waals surface area contributed by atoms with Crippen LogP contribution in [0.2, 0.25) is 10.0 Å². The van der Waals surface area contributed by atoms with Gasteiger partial charge in [0.1, 0.15) is 5.92 Å². The second-order valence-corrected chi connectivity index (χ2v) is 6.85. The highest BCUT2D eigenvalue weighted by Crippen LogP contribution is 2.43. The topological polar surface area (TPSA) is 98.1 Å². The number of para-hydroxylation sites is 1. The highest BCUT2D eigenvalue weighted by molar-refractivity contribution is 6.35. The molecule has 0 aliphatic carbocycles. The normalized spacial score (nSPS) is 16.4. The Kier molecular flexibility index (Phi) is 5.53. The second kappa shape index (κ2) is 7.70. The van der Waals surface area contributed by atoms with E-state index in [4.69, 9.17) is 28.3 Å². The number of halogens is 2. The summed E-state index contributed by atoms with van der Waals surface area (Å²) < 4.78 is 0. The lowest BCUT2D eigenvalue weighted by molar-refractivity contribution is -0.132. The van der Waals surface area contributed by atoms with Gasteiger partial charge < -0.3 is 20.2 Å². The molecule has 1 unspecified atom stereocenters. The van der Waals surface area contributed by atoms with E-state index in [1.807, 2.05) is 0 Å². The minimum absolute atomic E-state index is 0.0724. The second-order valence-electron chi connectivity index (χ2n) is 6.01. The molecule has 3 rings (SSSR count). The zero-order valence-electron chi connectivity index (χ0n) is 13.8. The van der Waals surface area contributed by atoms with Crippen molar-refractivity contribution in [2.75, 3.05) is 4.90 Å². The SMILES string of the molecule is O=C(O)C=Cc1cccc2c1N(Cc1ccc(Cl)cc1Cl)C(=O)C2C(O)O. The number of hydrogen-bond acceptors (Lipinski definition) is 4. The van der Waals surface area contributed by atoms with Gasteiger partial charge in [0.25, 0.3) is 0 Å². The fourth-order valence-corrected chi connectivity index (χ4v) is 3.58. The molecule has 1 aliphatic rings. The number of anilines is 1. The third-order valence-electron chi connectivity index (χ3n) is 4.28. The fourth-order valence-electron chi connectivity index (χ4n) is 3.11. The summed E-state index contributed by atoms with van der Waals surface area (Å²) in [7, 11) is 0. The maximum absolute atomic E-state index is 12.9. The molecule has 1 heterocycles. The third kappa shape index (κ3) is 3.84. The monoisotopic (exact) mass is 407 g/mol. The molecule has 3 N–H and O–H groups in total. The van der Waals surface area contributed by atoms with Crippen LogP contribution in [0.5, 0.6) is 0 Å². The van der Waals surface area contributed by atoms with Gasteiger partial charge in [0, 0.05) is 16.1 Å². The first-order valence-corrected chi connectivity index (χ1v) is 8.70. The average molecular weight is 408 g/mol. The first-order chi connectivity index (χ1) is 12.8. The average Bonchev–Trinajstić information content (AvgIpc) is 2.87. The Morgan fingerprint density at radius 2 is 1.96 bits per heavy atom. The molecule has 0 fully saturated rings. The summed E-state index contributed by atoms with van der Waals surface area (Å²) in [5, 5.41) is 29.1.